The molecular weight excluding hydrogens is 766 g/mol. The number of carbonyl (C=O) groups excluding carboxylic acids is 4. The predicted molar refractivity (Wildman–Crippen MR) is 225 cm³/mol. The third kappa shape index (κ3) is 5.94. The summed E-state index contributed by atoms with van der Waals surface area (Å²) in [4.78, 5) is 64.1. The molecule has 6 unspecified atom stereocenters. The highest BCUT2D eigenvalue weighted by Gasteiger charge is 2.71. The standard InChI is InChI=1S/C47H40ClN5O6/c1-51(2)31-19-15-29(16-20-31)49-50-30-17-21-32(22-18-30)52-43(55)35-24-23-34-36(40(35)45(52)57)26-37-44(56)53(33-12-7-11-28(48)25-33)46(58)47(37,27-9-5-4-6-10-27)42(34)41-38(54)13-8-14-39(41)59-3/h4-23,25,35-37,40,42,54H,24,26H2,1-3H3. The lowest BCUT2D eigenvalue weighted by Crippen LogP contribution is -2.53. The molecule has 1 N–H and O–H groups in total. The molecule has 296 valence electrons. The molecule has 9 rings (SSSR count). The zero-order valence-electron chi connectivity index (χ0n) is 32.5. The number of hydrogen-bond acceptors (Lipinski definition) is 9. The quantitative estimate of drug-likeness (QED) is 0.0941. The van der Waals surface area contributed by atoms with E-state index in [1.165, 1.54) is 23.0 Å². The van der Waals surface area contributed by atoms with Crippen molar-refractivity contribution in [1.29, 1.82) is 0 Å². The average molecular weight is 806 g/mol. The van der Waals surface area contributed by atoms with Gasteiger partial charge in [0.05, 0.1) is 53.0 Å². The van der Waals surface area contributed by atoms with Crippen molar-refractivity contribution >= 4 is 63.7 Å². The van der Waals surface area contributed by atoms with Crippen LogP contribution in [0.5, 0.6) is 11.5 Å². The van der Waals surface area contributed by atoms with E-state index >= 15 is 9.59 Å². The number of benzene rings is 5. The van der Waals surface area contributed by atoms with Gasteiger partial charge in [-0.1, -0.05) is 65.7 Å². The SMILES string of the molecule is COc1cccc(O)c1C1C2=CCC3C(=O)N(c4ccc(N=Nc5ccc(N(C)C)cc5)cc4)C(=O)C3C2CC2C(=O)N(c3cccc(Cl)c3)C(=O)C21c1ccccc1. The molecular formula is C47H40ClN5O6. The van der Waals surface area contributed by atoms with Gasteiger partial charge in [0, 0.05) is 36.3 Å². The topological polar surface area (TPSA) is 132 Å². The van der Waals surface area contributed by atoms with E-state index in [9.17, 15) is 14.7 Å². The first-order chi connectivity index (χ1) is 28.5. The maximum atomic E-state index is 15.5. The molecule has 4 aliphatic rings. The zero-order chi connectivity index (χ0) is 41.2. The second kappa shape index (κ2) is 14.7. The summed E-state index contributed by atoms with van der Waals surface area (Å²) in [5.74, 6) is -5.55. The minimum Gasteiger partial charge on any atom is -0.508 e. The maximum Gasteiger partial charge on any atom is 0.246 e. The molecule has 6 atom stereocenters. The fraction of sp³-hybridized carbons (Fsp3) is 0.234. The van der Waals surface area contributed by atoms with Crippen molar-refractivity contribution in [3.05, 3.63) is 149 Å². The number of azo groups is 1. The van der Waals surface area contributed by atoms with Crippen molar-refractivity contribution in [1.82, 2.24) is 0 Å². The van der Waals surface area contributed by atoms with Gasteiger partial charge in [0.2, 0.25) is 23.6 Å². The number of rotatable bonds is 8. The van der Waals surface area contributed by atoms with Crippen molar-refractivity contribution in [2.75, 3.05) is 35.9 Å². The molecule has 0 bridgehead atoms. The van der Waals surface area contributed by atoms with E-state index in [0.717, 1.165) is 5.69 Å². The van der Waals surface area contributed by atoms with Gasteiger partial charge in [-0.3, -0.25) is 24.1 Å². The Balaban J connectivity index is 1.13. The van der Waals surface area contributed by atoms with Crippen molar-refractivity contribution in [3.63, 3.8) is 0 Å². The smallest absolute Gasteiger partial charge is 0.246 e. The van der Waals surface area contributed by atoms with E-state index in [1.807, 2.05) is 79.7 Å². The molecule has 11 nitrogen and oxygen atoms in total. The molecule has 2 aliphatic carbocycles. The lowest BCUT2D eigenvalue weighted by Gasteiger charge is -2.51. The fourth-order valence-corrected chi connectivity index (χ4v) is 10.1. The van der Waals surface area contributed by atoms with Crippen molar-refractivity contribution < 1.29 is 29.0 Å². The number of ether oxygens (including phenoxy) is 1. The third-order valence-corrected chi connectivity index (χ3v) is 12.7. The molecule has 2 saturated heterocycles. The summed E-state index contributed by atoms with van der Waals surface area (Å²) in [6, 6.07) is 35.1. The molecule has 0 aromatic heterocycles. The highest BCUT2D eigenvalue weighted by molar-refractivity contribution is 6.32. The molecule has 5 aromatic carbocycles. The number of fused-ring (bicyclic) bond motifs is 4. The summed E-state index contributed by atoms with van der Waals surface area (Å²) >= 11 is 6.43. The molecule has 0 spiro atoms. The second-order valence-electron chi connectivity index (χ2n) is 15.6. The van der Waals surface area contributed by atoms with Crippen LogP contribution in [0.25, 0.3) is 0 Å². The van der Waals surface area contributed by atoms with Crippen LogP contribution < -0.4 is 19.4 Å². The van der Waals surface area contributed by atoms with E-state index < -0.39 is 46.8 Å². The maximum absolute atomic E-state index is 15.5. The van der Waals surface area contributed by atoms with E-state index in [2.05, 4.69) is 10.2 Å². The largest absolute Gasteiger partial charge is 0.508 e. The summed E-state index contributed by atoms with van der Waals surface area (Å²) < 4.78 is 5.88. The number of carbonyl (C=O) groups is 4. The number of phenolic OH excluding ortho intramolecular Hbond substituents is 1. The summed E-state index contributed by atoms with van der Waals surface area (Å²) in [7, 11) is 5.41. The van der Waals surface area contributed by atoms with Gasteiger partial charge in [-0.15, -0.1) is 0 Å². The Hall–Kier alpha value is -6.59. The highest BCUT2D eigenvalue weighted by atomic mass is 35.5. The first-order valence-corrected chi connectivity index (χ1v) is 19.8. The van der Waals surface area contributed by atoms with Crippen LogP contribution in [0.15, 0.2) is 143 Å². The first kappa shape index (κ1) is 38.0. The number of imide groups is 2. The summed E-state index contributed by atoms with van der Waals surface area (Å²) in [6.45, 7) is 0. The summed E-state index contributed by atoms with van der Waals surface area (Å²) in [5.41, 5.74) is 3.04. The summed E-state index contributed by atoms with van der Waals surface area (Å²) in [5, 5.41) is 20.8. The highest BCUT2D eigenvalue weighted by Crippen LogP contribution is 2.66. The Bertz CT molecular complexity index is 2580. The van der Waals surface area contributed by atoms with Crippen LogP contribution in [0.3, 0.4) is 0 Å². The van der Waals surface area contributed by atoms with Crippen LogP contribution in [0.4, 0.5) is 28.4 Å². The van der Waals surface area contributed by atoms with Gasteiger partial charge < -0.3 is 14.7 Å². The second-order valence-corrected chi connectivity index (χ2v) is 16.1. The van der Waals surface area contributed by atoms with Gasteiger partial charge in [-0.05, 0) is 103 Å². The number of amides is 4. The number of nitrogens with zero attached hydrogens (tertiary/aromatic N) is 5. The normalized spacial score (nSPS) is 24.9. The Morgan fingerprint density at radius 2 is 1.42 bits per heavy atom. The Kier molecular flexibility index (Phi) is 9.43. The van der Waals surface area contributed by atoms with Gasteiger partial charge in [-0.25, -0.2) is 4.90 Å². The minimum absolute atomic E-state index is 0.109. The number of phenols is 1. The van der Waals surface area contributed by atoms with Crippen LogP contribution >= 0.6 is 11.6 Å². The molecule has 4 amide bonds. The molecule has 2 aliphatic heterocycles. The van der Waals surface area contributed by atoms with Gasteiger partial charge in [-0.2, -0.15) is 10.2 Å². The fourth-order valence-electron chi connectivity index (χ4n) is 9.91. The molecule has 1 saturated carbocycles. The molecule has 12 heteroatoms. The van der Waals surface area contributed by atoms with Crippen molar-refractivity contribution in [2.45, 2.75) is 24.2 Å². The number of aromatic hydroxyl groups is 1. The molecule has 3 fully saturated rings. The van der Waals surface area contributed by atoms with Crippen LogP contribution in [0, 0.1) is 23.7 Å². The van der Waals surface area contributed by atoms with Gasteiger partial charge >= 0.3 is 0 Å². The number of hydrogen-bond donors (Lipinski definition) is 1. The molecule has 59 heavy (non-hydrogen) atoms. The van der Waals surface area contributed by atoms with Crippen molar-refractivity contribution in [3.8, 4) is 11.5 Å². The van der Waals surface area contributed by atoms with E-state index in [4.69, 9.17) is 16.3 Å². The lowest BCUT2D eigenvalue weighted by atomic mass is 9.49. The van der Waals surface area contributed by atoms with E-state index in [1.54, 1.807) is 60.7 Å². The molecule has 5 aromatic rings. The number of allylic oxidation sites excluding steroid dienone is 2. The first-order valence-electron chi connectivity index (χ1n) is 19.5. The Morgan fingerprint density at radius 1 is 0.746 bits per heavy atom. The van der Waals surface area contributed by atoms with E-state index in [0.29, 0.717) is 50.2 Å². The monoisotopic (exact) mass is 805 g/mol. The number of methoxy groups -OCH3 is 1. The van der Waals surface area contributed by atoms with Gasteiger partial charge in [0.15, 0.2) is 0 Å². The van der Waals surface area contributed by atoms with Crippen LogP contribution in [-0.4, -0.2) is 49.9 Å². The number of halogens is 1. The Labute approximate surface area is 346 Å². The average Bonchev–Trinajstić information content (AvgIpc) is 3.64. The van der Waals surface area contributed by atoms with Crippen LogP contribution in [0.2, 0.25) is 5.02 Å². The van der Waals surface area contributed by atoms with E-state index in [-0.39, 0.29) is 30.4 Å². The van der Waals surface area contributed by atoms with Crippen LogP contribution in [0.1, 0.15) is 29.9 Å². The minimum atomic E-state index is -1.56. The Morgan fingerprint density at radius 3 is 2.08 bits per heavy atom. The third-order valence-electron chi connectivity index (χ3n) is 12.5. The molecule has 0 radical (unpaired) electrons. The predicted octanol–water partition coefficient (Wildman–Crippen LogP) is 8.90. The van der Waals surface area contributed by atoms with Crippen molar-refractivity contribution in [2.24, 2.45) is 33.9 Å². The summed E-state index contributed by atoms with van der Waals surface area (Å²) in [6.07, 6.45) is 2.28. The molecule has 2 heterocycles. The van der Waals surface area contributed by atoms with Crippen LogP contribution in [-0.2, 0) is 24.6 Å². The zero-order valence-corrected chi connectivity index (χ0v) is 33.3. The number of anilines is 3. The van der Waals surface area contributed by atoms with Gasteiger partial charge in [0.1, 0.15) is 11.5 Å². The van der Waals surface area contributed by atoms with Gasteiger partial charge in [0.25, 0.3) is 0 Å². The lowest BCUT2D eigenvalue weighted by molar-refractivity contribution is -0.127.